The molecule has 2 aromatic heterocycles. The monoisotopic (exact) mass is 365 g/mol. The van der Waals surface area contributed by atoms with Crippen LogP contribution in [0.3, 0.4) is 0 Å². The van der Waals surface area contributed by atoms with E-state index >= 15 is 0 Å². The van der Waals surface area contributed by atoms with Crippen LogP contribution in [0.15, 0.2) is 60.2 Å². The Morgan fingerprint density at radius 1 is 1.19 bits per heavy atom. The van der Waals surface area contributed by atoms with Crippen LogP contribution in [-0.4, -0.2) is 22.4 Å². The van der Waals surface area contributed by atoms with E-state index in [0.717, 1.165) is 22.7 Å². The van der Waals surface area contributed by atoms with E-state index in [1.165, 1.54) is 5.56 Å². The van der Waals surface area contributed by atoms with E-state index in [9.17, 15) is 4.79 Å². The van der Waals surface area contributed by atoms with E-state index in [2.05, 4.69) is 34.3 Å². The molecule has 0 aliphatic carbocycles. The summed E-state index contributed by atoms with van der Waals surface area (Å²) in [6.45, 7) is 2.86. The molecule has 0 spiro atoms. The maximum Gasteiger partial charge on any atom is 0.220 e. The summed E-state index contributed by atoms with van der Waals surface area (Å²) in [5.41, 5.74) is 3.28. The second-order valence-electron chi connectivity index (χ2n) is 6.48. The highest BCUT2D eigenvalue weighted by Crippen LogP contribution is 2.23. The Balaban J connectivity index is 1.41. The molecule has 0 aliphatic heterocycles. The Morgan fingerprint density at radius 3 is 2.81 bits per heavy atom. The minimum atomic E-state index is 0.0841. The highest BCUT2D eigenvalue weighted by molar-refractivity contribution is 7.13. The van der Waals surface area contributed by atoms with Crippen LogP contribution in [0.1, 0.15) is 24.6 Å². The summed E-state index contributed by atoms with van der Waals surface area (Å²) >= 11 is 1.59. The van der Waals surface area contributed by atoms with Crippen molar-refractivity contribution < 1.29 is 4.79 Å². The van der Waals surface area contributed by atoms with Gasteiger partial charge < -0.3 is 5.32 Å². The third kappa shape index (κ3) is 5.49. The number of carbonyl (C=O) groups is 1. The number of aromatic nitrogens is 2. The average Bonchev–Trinajstić information content (AvgIpc) is 3.15. The smallest absolute Gasteiger partial charge is 0.220 e. The van der Waals surface area contributed by atoms with Crippen molar-refractivity contribution in [3.8, 4) is 10.6 Å². The number of nitrogens with zero attached hydrogens (tertiary/aromatic N) is 2. The van der Waals surface area contributed by atoms with E-state index in [1.807, 2.05) is 41.9 Å². The lowest BCUT2D eigenvalue weighted by Gasteiger charge is -2.12. The molecule has 5 heteroatoms. The summed E-state index contributed by atoms with van der Waals surface area (Å²) in [6, 6.07) is 14.3. The minimum absolute atomic E-state index is 0.0841. The van der Waals surface area contributed by atoms with Gasteiger partial charge in [-0.3, -0.25) is 9.78 Å². The summed E-state index contributed by atoms with van der Waals surface area (Å²) in [7, 11) is 0. The molecule has 0 saturated carbocycles. The second-order valence-corrected chi connectivity index (χ2v) is 7.34. The molecular weight excluding hydrogens is 342 g/mol. The predicted octanol–water partition coefficient (Wildman–Crippen LogP) is 4.13. The third-order valence-corrected chi connectivity index (χ3v) is 5.08. The van der Waals surface area contributed by atoms with Gasteiger partial charge in [-0.2, -0.15) is 0 Å². The number of thiazole rings is 1. The van der Waals surface area contributed by atoms with Crippen LogP contribution in [-0.2, 0) is 17.6 Å². The van der Waals surface area contributed by atoms with Crippen LogP contribution in [0.4, 0.5) is 0 Å². The van der Waals surface area contributed by atoms with Crippen LogP contribution in [0.2, 0.25) is 0 Å². The fraction of sp³-hybridized carbons (Fsp3) is 0.286. The zero-order chi connectivity index (χ0) is 18.2. The van der Waals surface area contributed by atoms with Crippen molar-refractivity contribution in [2.24, 2.45) is 5.92 Å². The average molecular weight is 366 g/mol. The van der Waals surface area contributed by atoms with Gasteiger partial charge in [0.2, 0.25) is 5.91 Å². The Hall–Kier alpha value is -2.53. The molecule has 0 fully saturated rings. The summed E-state index contributed by atoms with van der Waals surface area (Å²) in [5.74, 6) is 0.499. The third-order valence-electron chi connectivity index (χ3n) is 4.14. The molecule has 2 heterocycles. The molecule has 1 amide bonds. The van der Waals surface area contributed by atoms with Crippen LogP contribution < -0.4 is 5.32 Å². The first-order chi connectivity index (χ1) is 12.7. The number of aryl methyl sites for hydroxylation is 1. The first-order valence-corrected chi connectivity index (χ1v) is 9.74. The Morgan fingerprint density at radius 2 is 2.04 bits per heavy atom. The van der Waals surface area contributed by atoms with Gasteiger partial charge >= 0.3 is 0 Å². The standard InChI is InChI=1S/C21H23N3OS/c1-16(12-17-6-3-2-4-7-17)13-23-20(25)10-9-19-15-26-21(24-19)18-8-5-11-22-14-18/h2-8,11,14-16H,9-10,12-13H2,1H3,(H,23,25). The van der Waals surface area contributed by atoms with Gasteiger partial charge in [0, 0.05) is 36.3 Å². The summed E-state index contributed by atoms with van der Waals surface area (Å²) < 4.78 is 0. The second kappa shape index (κ2) is 9.25. The molecular formula is C21H23N3OS. The van der Waals surface area contributed by atoms with Gasteiger partial charge in [-0.25, -0.2) is 4.98 Å². The Labute approximate surface area is 158 Å². The number of benzene rings is 1. The number of amides is 1. The molecule has 1 N–H and O–H groups in total. The first-order valence-electron chi connectivity index (χ1n) is 8.86. The van der Waals surface area contributed by atoms with E-state index in [-0.39, 0.29) is 5.91 Å². The number of nitrogens with one attached hydrogen (secondary N) is 1. The highest BCUT2D eigenvalue weighted by Gasteiger charge is 2.09. The molecule has 0 aliphatic rings. The van der Waals surface area contributed by atoms with E-state index < -0.39 is 0 Å². The van der Waals surface area contributed by atoms with Crippen LogP contribution in [0.5, 0.6) is 0 Å². The Kier molecular flexibility index (Phi) is 6.50. The van der Waals surface area contributed by atoms with Gasteiger partial charge in [-0.1, -0.05) is 37.3 Å². The number of carbonyl (C=O) groups excluding carboxylic acids is 1. The van der Waals surface area contributed by atoms with Gasteiger partial charge in [0.1, 0.15) is 5.01 Å². The van der Waals surface area contributed by atoms with E-state index in [4.69, 9.17) is 0 Å². The van der Waals surface area contributed by atoms with Crippen LogP contribution in [0, 0.1) is 5.92 Å². The highest BCUT2D eigenvalue weighted by atomic mass is 32.1. The van der Waals surface area contributed by atoms with Gasteiger partial charge in [-0.15, -0.1) is 11.3 Å². The predicted molar refractivity (Wildman–Crippen MR) is 106 cm³/mol. The number of hydrogen-bond donors (Lipinski definition) is 1. The Bertz CT molecular complexity index is 818. The van der Waals surface area contributed by atoms with Crippen molar-refractivity contribution in [3.05, 3.63) is 71.5 Å². The molecule has 26 heavy (non-hydrogen) atoms. The fourth-order valence-electron chi connectivity index (χ4n) is 2.75. The van der Waals surface area contributed by atoms with Crippen molar-refractivity contribution in [2.45, 2.75) is 26.2 Å². The van der Waals surface area contributed by atoms with Crippen molar-refractivity contribution >= 4 is 17.2 Å². The zero-order valence-electron chi connectivity index (χ0n) is 14.9. The van der Waals surface area contributed by atoms with E-state index in [0.29, 0.717) is 25.3 Å². The van der Waals surface area contributed by atoms with Crippen molar-refractivity contribution in [1.82, 2.24) is 15.3 Å². The van der Waals surface area contributed by atoms with Crippen molar-refractivity contribution in [2.75, 3.05) is 6.54 Å². The SMILES string of the molecule is CC(CNC(=O)CCc1csc(-c2cccnc2)n1)Cc1ccccc1. The molecule has 3 aromatic rings. The fourth-order valence-corrected chi connectivity index (χ4v) is 3.60. The number of hydrogen-bond acceptors (Lipinski definition) is 4. The van der Waals surface area contributed by atoms with Gasteiger partial charge in [-0.05, 0) is 36.5 Å². The summed E-state index contributed by atoms with van der Waals surface area (Å²) in [6.07, 6.45) is 5.66. The lowest BCUT2D eigenvalue weighted by molar-refractivity contribution is -0.121. The quantitative estimate of drug-likeness (QED) is 0.653. The van der Waals surface area contributed by atoms with Crippen LogP contribution >= 0.6 is 11.3 Å². The molecule has 0 radical (unpaired) electrons. The maximum absolute atomic E-state index is 12.1. The lowest BCUT2D eigenvalue weighted by Crippen LogP contribution is -2.29. The topological polar surface area (TPSA) is 54.9 Å². The molecule has 1 aromatic carbocycles. The van der Waals surface area contributed by atoms with Crippen molar-refractivity contribution in [3.63, 3.8) is 0 Å². The lowest BCUT2D eigenvalue weighted by atomic mass is 10.0. The maximum atomic E-state index is 12.1. The molecule has 1 unspecified atom stereocenters. The molecule has 0 saturated heterocycles. The normalized spacial score (nSPS) is 11.9. The molecule has 4 nitrogen and oxygen atoms in total. The first kappa shape index (κ1) is 18.3. The zero-order valence-corrected chi connectivity index (χ0v) is 15.7. The van der Waals surface area contributed by atoms with Crippen molar-refractivity contribution in [1.29, 1.82) is 0 Å². The molecule has 134 valence electrons. The summed E-state index contributed by atoms with van der Waals surface area (Å²) in [5, 5.41) is 6.01. The molecule has 1 atom stereocenters. The van der Waals surface area contributed by atoms with Gasteiger partial charge in [0.25, 0.3) is 0 Å². The van der Waals surface area contributed by atoms with Gasteiger partial charge in [0.05, 0.1) is 5.69 Å². The van der Waals surface area contributed by atoms with E-state index in [1.54, 1.807) is 17.5 Å². The van der Waals surface area contributed by atoms with Gasteiger partial charge in [0.15, 0.2) is 0 Å². The minimum Gasteiger partial charge on any atom is -0.356 e. The molecule has 0 bridgehead atoms. The molecule has 3 rings (SSSR count). The number of rotatable bonds is 8. The number of pyridine rings is 1. The summed E-state index contributed by atoms with van der Waals surface area (Å²) in [4.78, 5) is 20.8. The van der Waals surface area contributed by atoms with Crippen LogP contribution in [0.25, 0.3) is 10.6 Å². The largest absolute Gasteiger partial charge is 0.356 e.